The first-order valence-electron chi connectivity index (χ1n) is 11.7. The number of rotatable bonds is 7. The Bertz CT molecular complexity index is 1410. The summed E-state index contributed by atoms with van der Waals surface area (Å²) in [6.45, 7) is 1.87. The van der Waals surface area contributed by atoms with Gasteiger partial charge in [0.2, 0.25) is 5.91 Å². The highest BCUT2D eigenvalue weighted by molar-refractivity contribution is 7.86. The van der Waals surface area contributed by atoms with Crippen molar-refractivity contribution in [3.05, 3.63) is 52.9 Å². The Hall–Kier alpha value is -3.23. The standard InChI is InChI=1S/C23H23ClFN3O3S2.C2HF3O2/c1-13-21(32-23(26-13)27-22(29)14-5-3-4-6-14)15-7-10-19(31-2)20(11-15)33(30)28-16-8-9-18(25)17(24)12-16;3-2(4,5)1(6)7/h7-12,14,28H,3-6H2,1-2H3,(H,26,27,29);(H,6,7). The molecule has 1 unspecified atom stereocenters. The van der Waals surface area contributed by atoms with E-state index in [0.29, 0.717) is 21.5 Å². The quantitative estimate of drug-likeness (QED) is 0.249. The van der Waals surface area contributed by atoms with Gasteiger partial charge >= 0.3 is 12.1 Å². The Kier molecular flexibility index (Phi) is 10.5. The summed E-state index contributed by atoms with van der Waals surface area (Å²) < 4.78 is 66.5. The van der Waals surface area contributed by atoms with Crippen LogP contribution < -0.4 is 14.8 Å². The maximum absolute atomic E-state index is 13.4. The number of carboxylic acid groups (broad SMARTS) is 1. The van der Waals surface area contributed by atoms with Crippen molar-refractivity contribution >= 4 is 56.6 Å². The molecule has 1 aliphatic carbocycles. The van der Waals surface area contributed by atoms with Crippen LogP contribution in [-0.2, 0) is 20.6 Å². The van der Waals surface area contributed by atoms with E-state index in [1.807, 2.05) is 13.0 Å². The number of nitrogens with one attached hydrogen (secondary N) is 2. The Labute approximate surface area is 238 Å². The van der Waals surface area contributed by atoms with Crippen molar-refractivity contribution in [1.29, 1.82) is 0 Å². The van der Waals surface area contributed by atoms with E-state index in [2.05, 4.69) is 15.0 Å². The largest absolute Gasteiger partial charge is 0.495 e. The Morgan fingerprint density at radius 3 is 2.40 bits per heavy atom. The zero-order chi connectivity index (χ0) is 29.6. The first-order chi connectivity index (χ1) is 18.8. The number of hydrogen-bond donors (Lipinski definition) is 3. The van der Waals surface area contributed by atoms with E-state index in [1.54, 1.807) is 12.1 Å². The van der Waals surface area contributed by atoms with Crippen molar-refractivity contribution < 1.29 is 41.2 Å². The van der Waals surface area contributed by atoms with Gasteiger partial charge in [-0.15, -0.1) is 0 Å². The number of ether oxygens (including phenoxy) is 1. The highest BCUT2D eigenvalue weighted by Gasteiger charge is 2.38. The predicted octanol–water partition coefficient (Wildman–Crippen LogP) is 6.82. The number of alkyl halides is 3. The van der Waals surface area contributed by atoms with Gasteiger partial charge in [-0.3, -0.25) is 4.79 Å². The van der Waals surface area contributed by atoms with Crippen LogP contribution in [0.25, 0.3) is 10.4 Å². The Balaban J connectivity index is 0.000000559. The zero-order valence-corrected chi connectivity index (χ0v) is 23.5. The highest BCUT2D eigenvalue weighted by atomic mass is 35.5. The van der Waals surface area contributed by atoms with Crippen molar-refractivity contribution in [3.63, 3.8) is 0 Å². The molecule has 3 aromatic rings. The molecule has 0 saturated heterocycles. The smallest absolute Gasteiger partial charge is 0.490 e. The van der Waals surface area contributed by atoms with Crippen molar-refractivity contribution in [1.82, 2.24) is 4.98 Å². The fourth-order valence-electron chi connectivity index (χ4n) is 3.80. The van der Waals surface area contributed by atoms with Crippen molar-refractivity contribution in [2.24, 2.45) is 5.92 Å². The lowest BCUT2D eigenvalue weighted by molar-refractivity contribution is -0.192. The highest BCUT2D eigenvalue weighted by Crippen LogP contribution is 2.37. The third-order valence-corrected chi connectivity index (χ3v) is 8.30. The average molecular weight is 622 g/mol. The van der Waals surface area contributed by atoms with Gasteiger partial charge in [0.1, 0.15) is 16.5 Å². The molecule has 1 aromatic heterocycles. The number of methoxy groups -OCH3 is 1. The van der Waals surface area contributed by atoms with E-state index in [0.717, 1.165) is 41.8 Å². The van der Waals surface area contributed by atoms with Crippen LogP contribution >= 0.6 is 22.9 Å². The Morgan fingerprint density at radius 1 is 1.18 bits per heavy atom. The van der Waals surface area contributed by atoms with Crippen molar-refractivity contribution in [2.45, 2.75) is 43.7 Å². The van der Waals surface area contributed by atoms with Crippen LogP contribution in [0.15, 0.2) is 41.3 Å². The van der Waals surface area contributed by atoms with Crippen LogP contribution in [-0.4, -0.2) is 39.5 Å². The number of nitrogens with zero attached hydrogens (tertiary/aromatic N) is 1. The molecule has 0 bridgehead atoms. The maximum Gasteiger partial charge on any atom is 0.490 e. The number of carboxylic acids is 1. The molecule has 1 heterocycles. The van der Waals surface area contributed by atoms with E-state index >= 15 is 0 Å². The first kappa shape index (κ1) is 31.3. The summed E-state index contributed by atoms with van der Waals surface area (Å²) >= 11 is 7.21. The number of aryl methyl sites for hydroxylation is 1. The molecular weight excluding hydrogens is 598 g/mol. The van der Waals surface area contributed by atoms with Gasteiger partial charge in [0, 0.05) is 11.6 Å². The molecule has 8 nitrogen and oxygen atoms in total. The number of anilines is 2. The number of halogens is 5. The van der Waals surface area contributed by atoms with Crippen LogP contribution in [0.4, 0.5) is 28.4 Å². The van der Waals surface area contributed by atoms with Crippen LogP contribution in [0.2, 0.25) is 5.02 Å². The number of carbonyl (C=O) groups excluding carboxylic acids is 1. The van der Waals surface area contributed by atoms with E-state index < -0.39 is 28.9 Å². The van der Waals surface area contributed by atoms with Crippen LogP contribution in [0.1, 0.15) is 31.4 Å². The summed E-state index contributed by atoms with van der Waals surface area (Å²) in [4.78, 5) is 27.2. The minimum Gasteiger partial charge on any atom is -0.495 e. The number of aromatic nitrogens is 1. The molecule has 216 valence electrons. The topological polar surface area (TPSA) is 118 Å². The van der Waals surface area contributed by atoms with E-state index in [1.165, 1.54) is 36.6 Å². The van der Waals surface area contributed by atoms with E-state index in [4.69, 9.17) is 26.2 Å². The monoisotopic (exact) mass is 621 g/mol. The number of amides is 1. The number of thiazole rings is 1. The summed E-state index contributed by atoms with van der Waals surface area (Å²) in [5.74, 6) is -2.79. The third-order valence-electron chi connectivity index (χ3n) is 5.75. The molecule has 1 fully saturated rings. The number of carbonyl (C=O) groups is 2. The minimum absolute atomic E-state index is 0.0199. The molecule has 1 saturated carbocycles. The summed E-state index contributed by atoms with van der Waals surface area (Å²) in [5, 5.41) is 10.6. The molecular formula is C25H24ClF4N3O5S2. The SMILES string of the molecule is COc1ccc(-c2sc(NC(=O)C3CCCC3)nc2C)cc1S(=O)Nc1ccc(F)c(Cl)c1.O=C(O)C(F)(F)F. The summed E-state index contributed by atoms with van der Waals surface area (Å²) in [6, 6.07) is 9.39. The van der Waals surface area contributed by atoms with Crippen LogP contribution in [0.5, 0.6) is 5.75 Å². The molecule has 4 rings (SSSR count). The second kappa shape index (κ2) is 13.4. The molecule has 0 spiro atoms. The molecule has 3 N–H and O–H groups in total. The number of aliphatic carboxylic acids is 1. The van der Waals surface area contributed by atoms with Gasteiger partial charge in [0.25, 0.3) is 0 Å². The minimum atomic E-state index is -5.08. The van der Waals surface area contributed by atoms with Gasteiger partial charge in [-0.05, 0) is 61.7 Å². The fraction of sp³-hybridized carbons (Fsp3) is 0.320. The van der Waals surface area contributed by atoms with E-state index in [9.17, 15) is 26.6 Å². The summed E-state index contributed by atoms with van der Waals surface area (Å²) in [6.07, 6.45) is -1.07. The molecule has 0 radical (unpaired) electrons. The van der Waals surface area contributed by atoms with E-state index in [-0.39, 0.29) is 16.8 Å². The number of benzene rings is 2. The normalized spacial score (nSPS) is 14.2. The van der Waals surface area contributed by atoms with Gasteiger partial charge in [-0.1, -0.05) is 35.8 Å². The fourth-order valence-corrected chi connectivity index (χ4v) is 5.96. The van der Waals surface area contributed by atoms with Gasteiger partial charge in [0.05, 0.1) is 22.7 Å². The molecule has 40 heavy (non-hydrogen) atoms. The zero-order valence-electron chi connectivity index (χ0n) is 21.1. The summed E-state index contributed by atoms with van der Waals surface area (Å²) in [5.41, 5.74) is 1.98. The predicted molar refractivity (Wildman–Crippen MR) is 145 cm³/mol. The first-order valence-corrected chi connectivity index (χ1v) is 14.0. The van der Waals surface area contributed by atoms with Crippen molar-refractivity contribution in [3.8, 4) is 16.2 Å². The Morgan fingerprint density at radius 2 is 1.82 bits per heavy atom. The second-order valence-electron chi connectivity index (χ2n) is 8.57. The number of hydrogen-bond acceptors (Lipinski definition) is 6. The molecule has 1 aliphatic rings. The van der Waals surface area contributed by atoms with Gasteiger partial charge in [0.15, 0.2) is 16.1 Å². The maximum atomic E-state index is 13.4. The van der Waals surface area contributed by atoms with Gasteiger partial charge < -0.3 is 19.9 Å². The molecule has 1 atom stereocenters. The van der Waals surface area contributed by atoms with Gasteiger partial charge in [-0.2, -0.15) is 13.2 Å². The van der Waals surface area contributed by atoms with Crippen LogP contribution in [0, 0.1) is 18.7 Å². The lowest BCUT2D eigenvalue weighted by atomic mass is 10.1. The molecule has 1 amide bonds. The molecule has 0 aliphatic heterocycles. The van der Waals surface area contributed by atoms with Gasteiger partial charge in [-0.25, -0.2) is 18.4 Å². The lowest BCUT2D eigenvalue weighted by Gasteiger charge is -2.12. The summed E-state index contributed by atoms with van der Waals surface area (Å²) in [7, 11) is -0.198. The lowest BCUT2D eigenvalue weighted by Crippen LogP contribution is -2.21. The second-order valence-corrected chi connectivity index (χ2v) is 11.2. The average Bonchev–Trinajstić information content (AvgIpc) is 3.56. The van der Waals surface area contributed by atoms with Crippen LogP contribution in [0.3, 0.4) is 0 Å². The molecule has 2 aromatic carbocycles. The third kappa shape index (κ3) is 8.15. The molecule has 15 heteroatoms. The van der Waals surface area contributed by atoms with Crippen molar-refractivity contribution in [2.75, 3.05) is 17.1 Å².